The van der Waals surface area contributed by atoms with E-state index >= 15 is 0 Å². The first-order valence-electron chi connectivity index (χ1n) is 7.19. The number of ether oxygens (including phenoxy) is 1. The Morgan fingerprint density at radius 1 is 1.32 bits per heavy atom. The number of anilines is 1. The fraction of sp³-hybridized carbons (Fsp3) is 0.312. The smallest absolute Gasteiger partial charge is 0.267 e. The Balaban J connectivity index is 2.01. The molecule has 0 bridgehead atoms. The normalized spacial score (nSPS) is 11.7. The summed E-state index contributed by atoms with van der Waals surface area (Å²) >= 11 is 0. The molecule has 0 saturated heterocycles. The van der Waals surface area contributed by atoms with Gasteiger partial charge in [0.2, 0.25) is 5.88 Å². The average molecular weight is 300 g/mol. The predicted octanol–water partition coefficient (Wildman–Crippen LogP) is 2.36. The van der Waals surface area contributed by atoms with Crippen LogP contribution in [0, 0.1) is 0 Å². The number of nitrogens with two attached hydrogens (primary N) is 1. The first-order chi connectivity index (χ1) is 10.6. The van der Waals surface area contributed by atoms with Gasteiger partial charge in [-0.15, -0.1) is 0 Å². The molecule has 116 valence electrons. The highest BCUT2D eigenvalue weighted by molar-refractivity contribution is 5.91. The molecule has 2 aromatic heterocycles. The maximum absolute atomic E-state index is 11.1. The van der Waals surface area contributed by atoms with Gasteiger partial charge in [0.15, 0.2) is 0 Å². The molecule has 6 nitrogen and oxygen atoms in total. The summed E-state index contributed by atoms with van der Waals surface area (Å²) in [7, 11) is 0. The van der Waals surface area contributed by atoms with Gasteiger partial charge in [0, 0.05) is 30.7 Å². The second-order valence-electron chi connectivity index (χ2n) is 4.99. The highest BCUT2D eigenvalue weighted by Gasteiger charge is 2.05. The van der Waals surface area contributed by atoms with E-state index in [1.807, 2.05) is 19.1 Å². The minimum absolute atomic E-state index is 0.133. The Morgan fingerprint density at radius 2 is 2.09 bits per heavy atom. The fourth-order valence-electron chi connectivity index (χ4n) is 1.79. The van der Waals surface area contributed by atoms with Crippen LogP contribution in [0.2, 0.25) is 0 Å². The lowest BCUT2D eigenvalue weighted by atomic mass is 10.2. The molecule has 6 heteroatoms. The molecule has 22 heavy (non-hydrogen) atoms. The minimum atomic E-state index is -0.545. The van der Waals surface area contributed by atoms with Gasteiger partial charge in [0.25, 0.3) is 5.91 Å². The number of nitrogens with one attached hydrogen (secondary N) is 1. The van der Waals surface area contributed by atoms with E-state index in [1.54, 1.807) is 24.5 Å². The molecule has 1 amide bonds. The van der Waals surface area contributed by atoms with E-state index in [1.165, 1.54) is 0 Å². The molecular formula is C16H20N4O2. The lowest BCUT2D eigenvalue weighted by Gasteiger charge is -2.12. The average Bonchev–Trinajstić information content (AvgIpc) is 2.53. The molecule has 0 aliphatic heterocycles. The van der Waals surface area contributed by atoms with E-state index in [9.17, 15) is 4.79 Å². The quantitative estimate of drug-likeness (QED) is 0.819. The third-order valence-corrected chi connectivity index (χ3v) is 3.21. The molecule has 2 rings (SSSR count). The molecule has 1 atom stereocenters. The van der Waals surface area contributed by atoms with Crippen LogP contribution in [0.3, 0.4) is 0 Å². The van der Waals surface area contributed by atoms with E-state index in [2.05, 4.69) is 22.2 Å². The Morgan fingerprint density at radius 3 is 2.82 bits per heavy atom. The van der Waals surface area contributed by atoms with Crippen LogP contribution < -0.4 is 15.8 Å². The summed E-state index contributed by atoms with van der Waals surface area (Å²) in [6, 6.07) is 7.21. The van der Waals surface area contributed by atoms with Gasteiger partial charge >= 0.3 is 0 Å². The molecule has 0 spiro atoms. The zero-order chi connectivity index (χ0) is 15.9. The van der Waals surface area contributed by atoms with Crippen LogP contribution in [0.25, 0.3) is 0 Å². The van der Waals surface area contributed by atoms with Crippen LogP contribution >= 0.6 is 0 Å². The molecule has 0 aliphatic carbocycles. The summed E-state index contributed by atoms with van der Waals surface area (Å²) in [4.78, 5) is 19.2. The topological polar surface area (TPSA) is 90.1 Å². The molecule has 2 heterocycles. The van der Waals surface area contributed by atoms with Crippen molar-refractivity contribution in [3.8, 4) is 5.88 Å². The summed E-state index contributed by atoms with van der Waals surface area (Å²) in [5, 5.41) is 3.22. The number of amides is 1. The summed E-state index contributed by atoms with van der Waals surface area (Å²) in [5.74, 6) is 0.0676. The molecule has 3 N–H and O–H groups in total. The third-order valence-electron chi connectivity index (χ3n) is 3.21. The number of rotatable bonds is 7. The second kappa shape index (κ2) is 7.40. The maximum Gasteiger partial charge on any atom is 0.267 e. The van der Waals surface area contributed by atoms with E-state index in [0.717, 1.165) is 17.7 Å². The van der Waals surface area contributed by atoms with Crippen molar-refractivity contribution in [2.24, 2.45) is 5.73 Å². The SMILES string of the molecule is CC[C@H](C)Oc1cc(CNc2ccnc(C(N)=O)c2)ccn1. The van der Waals surface area contributed by atoms with Crippen molar-refractivity contribution in [3.05, 3.63) is 47.9 Å². The molecule has 0 aromatic carbocycles. The van der Waals surface area contributed by atoms with Gasteiger partial charge in [-0.05, 0) is 37.1 Å². The zero-order valence-corrected chi connectivity index (χ0v) is 12.7. The first kappa shape index (κ1) is 15.8. The van der Waals surface area contributed by atoms with Crippen LogP contribution in [0.4, 0.5) is 5.69 Å². The summed E-state index contributed by atoms with van der Waals surface area (Å²) < 4.78 is 5.70. The maximum atomic E-state index is 11.1. The minimum Gasteiger partial charge on any atom is -0.475 e. The Bertz CT molecular complexity index is 646. The predicted molar refractivity (Wildman–Crippen MR) is 84.7 cm³/mol. The van der Waals surface area contributed by atoms with Crippen molar-refractivity contribution in [1.29, 1.82) is 0 Å². The largest absolute Gasteiger partial charge is 0.475 e. The van der Waals surface area contributed by atoms with Crippen LogP contribution in [-0.4, -0.2) is 22.0 Å². The molecule has 0 unspecified atom stereocenters. The Hall–Kier alpha value is -2.63. The number of carbonyl (C=O) groups excluding carboxylic acids is 1. The van der Waals surface area contributed by atoms with Crippen molar-refractivity contribution in [2.45, 2.75) is 32.9 Å². The number of hydrogen-bond acceptors (Lipinski definition) is 5. The lowest BCUT2D eigenvalue weighted by Crippen LogP contribution is -2.13. The summed E-state index contributed by atoms with van der Waals surface area (Å²) in [6.07, 6.45) is 4.33. The molecule has 0 fully saturated rings. The second-order valence-corrected chi connectivity index (χ2v) is 4.99. The van der Waals surface area contributed by atoms with Crippen LogP contribution in [0.1, 0.15) is 36.3 Å². The molecular weight excluding hydrogens is 280 g/mol. The number of nitrogens with zero attached hydrogens (tertiary/aromatic N) is 2. The van der Waals surface area contributed by atoms with E-state index in [-0.39, 0.29) is 11.8 Å². The fourth-order valence-corrected chi connectivity index (χ4v) is 1.79. The van der Waals surface area contributed by atoms with Crippen molar-refractivity contribution >= 4 is 11.6 Å². The highest BCUT2D eigenvalue weighted by Crippen LogP contribution is 2.14. The first-order valence-corrected chi connectivity index (χ1v) is 7.19. The number of hydrogen-bond donors (Lipinski definition) is 2. The van der Waals surface area contributed by atoms with Crippen molar-refractivity contribution in [1.82, 2.24) is 9.97 Å². The van der Waals surface area contributed by atoms with Crippen molar-refractivity contribution in [2.75, 3.05) is 5.32 Å². The molecule has 0 saturated carbocycles. The molecule has 0 aliphatic rings. The van der Waals surface area contributed by atoms with Gasteiger partial charge < -0.3 is 15.8 Å². The monoisotopic (exact) mass is 300 g/mol. The lowest BCUT2D eigenvalue weighted by molar-refractivity contribution is 0.0995. The summed E-state index contributed by atoms with van der Waals surface area (Å²) in [5.41, 5.74) is 7.27. The van der Waals surface area contributed by atoms with Crippen molar-refractivity contribution in [3.63, 3.8) is 0 Å². The van der Waals surface area contributed by atoms with Gasteiger partial charge in [-0.3, -0.25) is 9.78 Å². The van der Waals surface area contributed by atoms with E-state index in [4.69, 9.17) is 10.5 Å². The Kier molecular flexibility index (Phi) is 5.30. The zero-order valence-electron chi connectivity index (χ0n) is 12.7. The number of aromatic nitrogens is 2. The van der Waals surface area contributed by atoms with Crippen LogP contribution in [0.5, 0.6) is 5.88 Å². The summed E-state index contributed by atoms with van der Waals surface area (Å²) in [6.45, 7) is 4.66. The van der Waals surface area contributed by atoms with Gasteiger partial charge in [-0.1, -0.05) is 6.92 Å². The van der Waals surface area contributed by atoms with Crippen molar-refractivity contribution < 1.29 is 9.53 Å². The van der Waals surface area contributed by atoms with E-state index < -0.39 is 5.91 Å². The van der Waals surface area contributed by atoms with Gasteiger partial charge in [0.05, 0.1) is 6.10 Å². The van der Waals surface area contributed by atoms with Gasteiger partial charge in [-0.25, -0.2) is 4.98 Å². The number of pyridine rings is 2. The molecule has 2 aromatic rings. The Labute approximate surface area is 129 Å². The third kappa shape index (κ3) is 4.44. The van der Waals surface area contributed by atoms with Crippen LogP contribution in [-0.2, 0) is 6.54 Å². The standard InChI is InChI=1S/C16H20N4O2/c1-3-11(2)22-15-8-12(4-6-19-15)10-20-13-5-7-18-14(9-13)16(17)21/h4-9,11H,3,10H2,1-2H3,(H2,17,21)(H,18,20)/t11-/m0/s1. The van der Waals surface area contributed by atoms with Gasteiger partial charge in [-0.2, -0.15) is 0 Å². The highest BCUT2D eigenvalue weighted by atomic mass is 16.5. The number of carbonyl (C=O) groups is 1. The van der Waals surface area contributed by atoms with Crippen LogP contribution in [0.15, 0.2) is 36.7 Å². The number of primary amides is 1. The van der Waals surface area contributed by atoms with E-state index in [0.29, 0.717) is 12.4 Å². The van der Waals surface area contributed by atoms with Gasteiger partial charge in [0.1, 0.15) is 5.69 Å². The molecule has 0 radical (unpaired) electrons.